The minimum atomic E-state index is -3.76. The predicted octanol–water partition coefficient (Wildman–Crippen LogP) is 17.0. The Hall–Kier alpha value is -9.16. The number of benzene rings is 11. The molecule has 4 aliphatic heterocycles. The maximum absolute atomic E-state index is 12.8. The third-order valence-electron chi connectivity index (χ3n) is 16.4. The van der Waals surface area contributed by atoms with Gasteiger partial charge in [-0.2, -0.15) is 0 Å². The van der Waals surface area contributed by atoms with Crippen molar-refractivity contribution in [3.8, 4) is 22.1 Å². The summed E-state index contributed by atoms with van der Waals surface area (Å²) in [6.45, 7) is 0. The Morgan fingerprint density at radius 1 is 0.395 bits per heavy atom. The first kappa shape index (κ1) is 42.2. The molecule has 6 heterocycles. The molecule has 0 saturated carbocycles. The molecule has 10 heteroatoms. The second kappa shape index (κ2) is 15.5. The molecule has 0 bridgehead atoms. The van der Waals surface area contributed by atoms with Crippen LogP contribution in [0.3, 0.4) is 0 Å². The Labute approximate surface area is 439 Å². The van der Waals surface area contributed by atoms with Crippen molar-refractivity contribution < 1.29 is 9.66 Å². The normalized spacial score (nSPS) is 15.8. The van der Waals surface area contributed by atoms with E-state index in [1.54, 1.807) is 12.1 Å². The monoisotopic (exact) mass is 1030 g/mol. The van der Waals surface area contributed by atoms with Crippen molar-refractivity contribution in [2.75, 3.05) is 14.7 Å². The summed E-state index contributed by atoms with van der Waals surface area (Å²) in [6.07, 6.45) is 0. The van der Waals surface area contributed by atoms with Crippen LogP contribution in [0.4, 0.5) is 56.9 Å². The Kier molecular flexibility index (Phi) is 8.58. The minimum Gasteiger partial charge on any atom is -0.457 e. The van der Waals surface area contributed by atoms with Crippen LogP contribution < -0.4 is 40.2 Å². The summed E-state index contributed by atoms with van der Waals surface area (Å²) < 4.78 is 7.90. The lowest BCUT2D eigenvalue weighted by atomic mass is 10.0. The number of hydrogen-bond acceptors (Lipinski definition) is 6. The molecule has 356 valence electrons. The number of rotatable bonds is 6. The summed E-state index contributed by atoms with van der Waals surface area (Å²) in [7, 11) is -5.98. The van der Waals surface area contributed by atoms with Crippen LogP contribution in [0.1, 0.15) is 0 Å². The fourth-order valence-electron chi connectivity index (χ4n) is 13.6. The highest BCUT2D eigenvalue weighted by Gasteiger charge is 2.62. The molecule has 2 aromatic heterocycles. The van der Waals surface area contributed by atoms with Gasteiger partial charge >= 0.3 is 0 Å². The zero-order valence-corrected chi connectivity index (χ0v) is 43.3. The van der Waals surface area contributed by atoms with Crippen molar-refractivity contribution in [2.24, 2.45) is 0 Å². The molecule has 0 aliphatic carbocycles. The molecular formula is C66H40N4O3P2Si. The molecule has 3 atom stereocenters. The van der Waals surface area contributed by atoms with E-state index in [4.69, 9.17) is 4.74 Å². The van der Waals surface area contributed by atoms with Gasteiger partial charge in [0.1, 0.15) is 11.5 Å². The van der Waals surface area contributed by atoms with Crippen molar-refractivity contribution in [3.63, 3.8) is 0 Å². The van der Waals surface area contributed by atoms with Gasteiger partial charge in [-0.05, 0) is 98.0 Å². The lowest BCUT2D eigenvalue weighted by Crippen LogP contribution is -2.80. The molecule has 0 radical (unpaired) electrons. The molecule has 7 nitrogen and oxygen atoms in total. The molecule has 0 fully saturated rings. The highest BCUT2D eigenvalue weighted by Crippen LogP contribution is 2.67. The van der Waals surface area contributed by atoms with Crippen LogP contribution in [-0.4, -0.2) is 13.0 Å². The van der Waals surface area contributed by atoms with E-state index in [0.29, 0.717) is 0 Å². The first-order valence-corrected chi connectivity index (χ1v) is 30.3. The van der Waals surface area contributed by atoms with E-state index in [2.05, 4.69) is 245 Å². The van der Waals surface area contributed by atoms with Crippen LogP contribution in [0.25, 0.3) is 52.6 Å². The molecule has 0 spiro atoms. The van der Waals surface area contributed by atoms with E-state index in [1.165, 1.54) is 68.2 Å². The number of hydrogen-bond donors (Lipinski definition) is 0. The van der Waals surface area contributed by atoms with Gasteiger partial charge in [-0.15, -0.1) is 0 Å². The number of para-hydroxylation sites is 4. The third-order valence-corrected chi connectivity index (χ3v) is 26.4. The number of nitro groups is 1. The van der Waals surface area contributed by atoms with Crippen LogP contribution in [0.2, 0.25) is 0 Å². The van der Waals surface area contributed by atoms with E-state index < -0.39 is 23.1 Å². The number of nitrogens with zero attached hydrogens (tertiary/aromatic N) is 4. The summed E-state index contributed by atoms with van der Waals surface area (Å²) >= 11 is 0. The molecule has 11 aromatic carbocycles. The molecule has 0 N–H and O–H groups in total. The van der Waals surface area contributed by atoms with Crippen molar-refractivity contribution in [2.45, 2.75) is 0 Å². The highest BCUT2D eigenvalue weighted by atomic mass is 31.1. The zero-order chi connectivity index (χ0) is 50.0. The Bertz CT molecular complexity index is 4640. The summed E-state index contributed by atoms with van der Waals surface area (Å²) in [5, 5.41) is 30.1. The Balaban J connectivity index is 1.17. The lowest BCUT2D eigenvalue weighted by molar-refractivity contribution is -0.384. The molecule has 4 aliphatic rings. The van der Waals surface area contributed by atoms with Gasteiger partial charge in [0.2, 0.25) is 0 Å². The van der Waals surface area contributed by atoms with Crippen LogP contribution in [0, 0.1) is 10.1 Å². The minimum absolute atomic E-state index is 0.0657. The molecule has 3 unspecified atom stereocenters. The summed E-state index contributed by atoms with van der Waals surface area (Å²) in [5.74, 6) is 1.67. The van der Waals surface area contributed by atoms with Gasteiger partial charge in [0.25, 0.3) is 5.69 Å². The molecular weight excluding hydrogens is 987 g/mol. The fourth-order valence-corrected chi connectivity index (χ4v) is 25.0. The summed E-state index contributed by atoms with van der Waals surface area (Å²) in [5.41, 5.74) is 9.95. The second-order valence-corrected chi connectivity index (χ2v) is 27.8. The molecule has 13 aromatic rings. The molecule has 17 rings (SSSR count). The van der Waals surface area contributed by atoms with Crippen molar-refractivity contribution >= 4 is 143 Å². The fraction of sp³-hybridized carbons (Fsp3) is 0. The van der Waals surface area contributed by atoms with Gasteiger partial charge < -0.3 is 19.4 Å². The third kappa shape index (κ3) is 5.32. The van der Waals surface area contributed by atoms with Gasteiger partial charge in [0.15, 0.2) is 8.07 Å². The van der Waals surface area contributed by atoms with E-state index in [-0.39, 0.29) is 10.6 Å². The number of nitro benzene ring substituents is 1. The SMILES string of the molecule is O=[N+]([O-])c1ccc([Si]23c4c5ccc6c4N(c4ccccc4N6c4ccccc4)c4c2c(cc2c6ccccc6p(-c6ccccc6)c42)Oc2cc4c6ccccc6p(-c6ccccc6)c4c(c23)N5c2ccccc2)cc1. The van der Waals surface area contributed by atoms with E-state index in [0.717, 1.165) is 67.9 Å². The number of anilines is 9. The van der Waals surface area contributed by atoms with Crippen LogP contribution >= 0.6 is 15.1 Å². The van der Waals surface area contributed by atoms with Gasteiger partial charge in [-0.25, -0.2) is 0 Å². The van der Waals surface area contributed by atoms with Gasteiger partial charge in [-0.1, -0.05) is 185 Å². The van der Waals surface area contributed by atoms with Crippen molar-refractivity contribution in [1.82, 2.24) is 0 Å². The standard InChI is InChI=1S/C66H40N4O3P2Si/c71-70(72)43-33-35-46(36-34-43)76-64-54-38-37-53-59(64)69(52-30-16-15-29-51(52)67(53)41-19-5-1-6-20-41)61-63-50(48-28-14-18-32-58(48)75(63)45-25-11-4-12-26-45)40-56(66(61)76)73-55-39-49-47-27-13-17-31-57(47)74(44-23-9-3-10-24-44)62(49)60(65(55)76)68(54)42-21-7-2-8-22-42/h1-40H. The van der Waals surface area contributed by atoms with Crippen molar-refractivity contribution in [3.05, 3.63) is 253 Å². The number of non-ortho nitro benzene ring substituents is 1. The van der Waals surface area contributed by atoms with Crippen LogP contribution in [-0.2, 0) is 0 Å². The van der Waals surface area contributed by atoms with Crippen LogP contribution in [0.15, 0.2) is 243 Å². The van der Waals surface area contributed by atoms with Gasteiger partial charge in [0.05, 0.1) is 39.0 Å². The average molecular weight is 1030 g/mol. The number of fused-ring (bicyclic) bond motifs is 11. The van der Waals surface area contributed by atoms with E-state index >= 15 is 0 Å². The first-order chi connectivity index (χ1) is 37.6. The Morgan fingerprint density at radius 2 is 0.842 bits per heavy atom. The van der Waals surface area contributed by atoms with E-state index in [1.807, 2.05) is 0 Å². The average Bonchev–Trinajstić information content (AvgIpc) is 2.92. The smallest absolute Gasteiger partial charge is 0.269 e. The zero-order valence-electron chi connectivity index (χ0n) is 40.5. The summed E-state index contributed by atoms with van der Waals surface area (Å²) in [4.78, 5) is 20.2. The largest absolute Gasteiger partial charge is 0.457 e. The van der Waals surface area contributed by atoms with Gasteiger partial charge in [-0.3, -0.25) is 10.1 Å². The summed E-state index contributed by atoms with van der Waals surface area (Å²) in [6, 6.07) is 87.9. The first-order valence-electron chi connectivity index (χ1n) is 25.6. The quantitative estimate of drug-likeness (QED) is 0.0939. The Morgan fingerprint density at radius 3 is 1.38 bits per heavy atom. The topological polar surface area (TPSA) is 62.1 Å². The highest BCUT2D eigenvalue weighted by molar-refractivity contribution is 7.68. The predicted molar refractivity (Wildman–Crippen MR) is 320 cm³/mol. The lowest BCUT2D eigenvalue weighted by Gasteiger charge is -2.55. The second-order valence-electron chi connectivity index (χ2n) is 20.0. The maximum Gasteiger partial charge on any atom is 0.269 e. The molecule has 76 heavy (non-hydrogen) atoms. The maximum atomic E-state index is 12.8. The number of ether oxygens (including phenoxy) is 1. The molecule has 0 saturated heterocycles. The van der Waals surface area contributed by atoms with Crippen LogP contribution in [0.5, 0.6) is 11.5 Å². The van der Waals surface area contributed by atoms with Gasteiger partial charge in [0, 0.05) is 65.2 Å². The van der Waals surface area contributed by atoms with Crippen molar-refractivity contribution in [1.29, 1.82) is 0 Å². The van der Waals surface area contributed by atoms with E-state index in [9.17, 15) is 10.1 Å². The molecule has 0 amide bonds.